The summed E-state index contributed by atoms with van der Waals surface area (Å²) in [6.07, 6.45) is 0. The molecule has 23 aliphatic heterocycles. The second-order valence-corrected chi connectivity index (χ2v) is 132. The fraction of sp³-hybridized carbons (Fsp3) is 1.00. The van der Waals surface area contributed by atoms with Crippen LogP contribution in [0.3, 0.4) is 0 Å². The van der Waals surface area contributed by atoms with E-state index in [0.717, 1.165) is 0 Å². The van der Waals surface area contributed by atoms with Crippen LogP contribution in [0.4, 0.5) is 0 Å². The van der Waals surface area contributed by atoms with Gasteiger partial charge >= 0.3 is 301 Å². The van der Waals surface area contributed by atoms with Crippen LogP contribution in [0.1, 0.15) is 0 Å². The van der Waals surface area contributed by atoms with E-state index in [1.807, 2.05) is 0 Å². The van der Waals surface area contributed by atoms with Gasteiger partial charge in [0, 0.05) is 210 Å². The molecule has 4 atom stereocenters. The van der Waals surface area contributed by atoms with Crippen molar-refractivity contribution in [1.29, 1.82) is 0 Å². The van der Waals surface area contributed by atoms with Crippen molar-refractivity contribution >= 4 is 301 Å². The lowest BCUT2D eigenvalue weighted by atomic mass is 11.9. The van der Waals surface area contributed by atoms with E-state index in [9.17, 15) is 0 Å². The summed E-state index contributed by atoms with van der Waals surface area (Å²) in [5.41, 5.74) is 0. The standard InChI is InChI=1S/C14H44O24Si16.C10H30O15Si10.C8H24O12Si8/c1-41-15-39-17-43(3)25-49(9)27-45(5)19-40-16-42(2,23-47(7,21-41)33-49)24-48(8,22-41)34-50(10)26-44(4,18-39)30-52(12)35-51(11,29-43)37-53(13,31-45)36-54(14,38-52)32-46(6,20-40)28-50;1-26-11-29(4)12-27(2)16-30(5,14-26)20-33(8)23-34(9)21-31(6,15-26)17-28(3,13-29)19-32(7,18-27)22-35(10,24-33)25-34;1-21-9-22(2)12-25(5)14-23(3,10-21)16-27(7)17-24(4,11-21)15-26(6,13-22)19-28(8,18-25)20-27/h39-40H,1-14H3;1-10H3;1-8H3. The van der Waals surface area contributed by atoms with E-state index in [0.29, 0.717) is 0 Å². The molecule has 23 heterocycles. The van der Waals surface area contributed by atoms with Gasteiger partial charge in [-0.25, -0.2) is 0 Å². The number of hydrogen-bond acceptors (Lipinski definition) is 51. The minimum absolute atomic E-state index is 1.65. The Balaban J connectivity index is 0.000000129. The molecule has 0 spiro atoms. The molecule has 51 nitrogen and oxygen atoms in total. The normalized spacial score (nSPS) is 65.6. The van der Waals surface area contributed by atoms with Gasteiger partial charge in [0.15, 0.2) is 0 Å². The molecule has 0 aromatic rings. The summed E-state index contributed by atoms with van der Waals surface area (Å²) >= 11 is 0. The lowest BCUT2D eigenvalue weighted by Crippen LogP contribution is -2.86. The van der Waals surface area contributed by atoms with Gasteiger partial charge in [-0.15, -0.1) is 0 Å². The minimum Gasteiger partial charge on any atom is -0.376 e. The topological polar surface area (TPSA) is 471 Å². The molecular formula is C32H98O51Si34. The average molecular weight is 2250 g/mol. The van der Waals surface area contributed by atoms with Gasteiger partial charge < -0.3 is 210 Å². The first-order valence-electron chi connectivity index (χ1n) is 37.0. The van der Waals surface area contributed by atoms with E-state index in [1.54, 1.807) is 210 Å². The molecule has 0 aromatic carbocycles. The van der Waals surface area contributed by atoms with Crippen LogP contribution in [0, 0.1) is 0 Å². The van der Waals surface area contributed by atoms with Crippen LogP contribution in [0.2, 0.25) is 210 Å². The zero-order chi connectivity index (χ0) is 85.2. The molecule has 117 heavy (non-hydrogen) atoms. The van der Waals surface area contributed by atoms with E-state index in [1.165, 1.54) is 0 Å². The van der Waals surface area contributed by atoms with Crippen LogP contribution in [0.5, 0.6) is 0 Å². The quantitative estimate of drug-likeness (QED) is 0.311. The fourth-order valence-corrected chi connectivity index (χ4v) is 205. The summed E-state index contributed by atoms with van der Waals surface area (Å²) < 4.78 is 341. The molecular weight excluding hydrogens is 2160 g/mol. The molecule has 0 radical (unpaired) electrons. The second-order valence-electron chi connectivity index (χ2n) is 33.5. The van der Waals surface area contributed by atoms with Crippen LogP contribution in [-0.2, 0) is 210 Å². The van der Waals surface area contributed by atoms with Gasteiger partial charge in [-0.3, -0.25) is 0 Å². The first-order valence-corrected chi connectivity index (χ1v) is 111. The molecule has 23 rings (SSSR count). The summed E-state index contributed by atoms with van der Waals surface area (Å²) in [6.45, 7) is 54.5. The van der Waals surface area contributed by atoms with Gasteiger partial charge in [-0.2, -0.15) is 0 Å². The van der Waals surface area contributed by atoms with Gasteiger partial charge in [0.05, 0.1) is 0 Å². The minimum atomic E-state index is -4.26. The Labute approximate surface area is 713 Å². The molecule has 0 aromatic heterocycles. The highest BCUT2D eigenvalue weighted by atomic mass is 28.7. The Hall–Kier alpha value is 5.33. The van der Waals surface area contributed by atoms with Gasteiger partial charge in [0.25, 0.3) is 0 Å². The highest BCUT2D eigenvalue weighted by Gasteiger charge is 2.85. The van der Waals surface area contributed by atoms with Crippen LogP contribution >= 0.6 is 0 Å². The zero-order valence-corrected chi connectivity index (χ0v) is 104. The predicted octanol–water partition coefficient (Wildman–Crippen LogP) is 1.71. The third kappa shape index (κ3) is 18.5. The SMILES string of the molecule is C[Si]12O[SiH]3O[Si]4(C)O[Si]5(C)O[Si]6(C)O[SiH]7O[Si](C)(O[Si](C)(O1)O5)O[Si](C)(O2)O[Si]1(C)O[Si](C)(O3)O[Si]2(C)O[Si](C)(O[Si](C)(O7)O1)O[Si](C)(O6)O[Si](C)(O4)O2.C[Si]12O[Si]3(C)O[Si](C)(O1)O[Si]1(C)O[Si]4(C)O[Si]5(C)O[Si](C)(O[Si](C)(O2)O4)O[Si](C)(O3)O[Si](C)(O5)O1.C[Si]12O[Si]3(C)O[Si]4(C)O[Si](C)(O1)O[Si]1(C)O[Si](C)(O2)O[Si](C)(O3)O[Si](C)(O4)O1. The maximum Gasteiger partial charge on any atom is 0.475 e. The molecule has 23 fully saturated rings. The lowest BCUT2D eigenvalue weighted by molar-refractivity contribution is -0.0231. The fourth-order valence-electron chi connectivity index (χ4n) is 18.4. The summed E-state index contributed by atoms with van der Waals surface area (Å²) in [7, 11) is -130. The van der Waals surface area contributed by atoms with Gasteiger partial charge in [0.2, 0.25) is 0 Å². The summed E-state index contributed by atoms with van der Waals surface area (Å²) in [5.74, 6) is 0. The van der Waals surface area contributed by atoms with E-state index < -0.39 is 301 Å². The molecule has 0 N–H and O–H groups in total. The van der Waals surface area contributed by atoms with Gasteiger partial charge in [-0.05, 0) is 0 Å². The van der Waals surface area contributed by atoms with Gasteiger partial charge in [-0.1, -0.05) is 0 Å². The monoisotopic (exact) mass is 2250 g/mol. The lowest BCUT2D eigenvalue weighted by Gasteiger charge is -2.60. The average Bonchev–Trinajstić information content (AvgIpc) is 0.707. The van der Waals surface area contributed by atoms with E-state index in [4.69, 9.17) is 210 Å². The Bertz CT molecular complexity index is 3520. The molecule has 4 unspecified atom stereocenters. The van der Waals surface area contributed by atoms with Crippen molar-refractivity contribution in [1.82, 2.24) is 0 Å². The zero-order valence-electron chi connectivity index (χ0n) is 70.0. The highest BCUT2D eigenvalue weighted by Crippen LogP contribution is 2.55. The molecule has 0 aliphatic carbocycles. The third-order valence-electron chi connectivity index (χ3n) is 18.5. The van der Waals surface area contributed by atoms with Crippen molar-refractivity contribution < 1.29 is 210 Å². The molecule has 23 saturated heterocycles. The highest BCUT2D eigenvalue weighted by molar-refractivity contribution is 7.07. The predicted molar refractivity (Wildman–Crippen MR) is 441 cm³/mol. The van der Waals surface area contributed by atoms with Gasteiger partial charge in [0.1, 0.15) is 0 Å². The van der Waals surface area contributed by atoms with Crippen LogP contribution in [0.25, 0.3) is 0 Å². The van der Waals surface area contributed by atoms with Crippen LogP contribution in [0.15, 0.2) is 0 Å². The molecule has 0 saturated carbocycles. The Kier molecular flexibility index (Phi) is 21.5. The summed E-state index contributed by atoms with van der Waals surface area (Å²) in [6, 6.07) is 0. The smallest absolute Gasteiger partial charge is 0.376 e. The first-order chi connectivity index (χ1) is 52.4. The Morgan fingerprint density at radius 2 is 0.120 bits per heavy atom. The molecule has 34 bridgehead atoms. The summed E-state index contributed by atoms with van der Waals surface area (Å²) in [5, 5.41) is 0. The number of hydrogen-bond donors (Lipinski definition) is 0. The van der Waals surface area contributed by atoms with Crippen molar-refractivity contribution in [3.8, 4) is 0 Å². The van der Waals surface area contributed by atoms with Crippen LogP contribution in [-0.4, -0.2) is 301 Å². The van der Waals surface area contributed by atoms with E-state index in [2.05, 4.69) is 0 Å². The first kappa shape index (κ1) is 92.8. The maximum atomic E-state index is 6.98. The Morgan fingerprint density at radius 3 is 0.171 bits per heavy atom. The van der Waals surface area contributed by atoms with Crippen molar-refractivity contribution in [3.05, 3.63) is 0 Å². The van der Waals surface area contributed by atoms with E-state index >= 15 is 0 Å². The molecule has 85 heteroatoms. The van der Waals surface area contributed by atoms with Crippen molar-refractivity contribution in [2.45, 2.75) is 210 Å². The Morgan fingerprint density at radius 1 is 0.0769 bits per heavy atom. The van der Waals surface area contributed by atoms with Crippen molar-refractivity contribution in [3.63, 3.8) is 0 Å². The molecule has 668 valence electrons. The third-order valence-corrected chi connectivity index (χ3v) is 167. The second kappa shape index (κ2) is 27.2. The van der Waals surface area contributed by atoms with Crippen molar-refractivity contribution in [2.75, 3.05) is 0 Å². The molecule has 0 amide bonds. The largest absolute Gasteiger partial charge is 0.475 e. The molecule has 23 aliphatic rings. The van der Waals surface area contributed by atoms with E-state index in [-0.39, 0.29) is 0 Å². The van der Waals surface area contributed by atoms with Crippen LogP contribution < -0.4 is 0 Å². The summed E-state index contributed by atoms with van der Waals surface area (Å²) in [4.78, 5) is 0. The maximum absolute atomic E-state index is 6.98. The van der Waals surface area contributed by atoms with Crippen molar-refractivity contribution in [2.24, 2.45) is 0 Å². The number of rotatable bonds is 0.